The van der Waals surface area contributed by atoms with Gasteiger partial charge in [-0.15, -0.1) is 0 Å². The van der Waals surface area contributed by atoms with Crippen molar-refractivity contribution in [2.45, 2.75) is 58.2 Å². The molecular formula is C28H29F2N3O3. The number of pyridine rings is 1. The predicted molar refractivity (Wildman–Crippen MR) is 132 cm³/mol. The molecule has 2 amide bonds. The molecule has 5 rings (SSSR count). The standard InChI is InChI=1S/C28H29F2N3O3/c1-2-13-33-22(16-32-14-5-10-23(32)34)25(20-8-4-9-21(30)24(20)28(33)36)27(35)31-26(17-11-12-17)18-6-3-7-19(29)15-18/h3-4,6-9,15,17,26H,2,5,10-14,16H2,1H3,(H,31,35). The quantitative estimate of drug-likeness (QED) is 0.495. The monoisotopic (exact) mass is 493 g/mol. The van der Waals surface area contributed by atoms with Crippen molar-refractivity contribution in [3.05, 3.63) is 81.3 Å². The highest BCUT2D eigenvalue weighted by Gasteiger charge is 2.35. The molecule has 1 aliphatic carbocycles. The van der Waals surface area contributed by atoms with E-state index in [1.54, 1.807) is 23.1 Å². The molecule has 0 bridgehead atoms. The van der Waals surface area contributed by atoms with Crippen molar-refractivity contribution in [3.8, 4) is 0 Å². The van der Waals surface area contributed by atoms with Gasteiger partial charge in [-0.3, -0.25) is 14.4 Å². The van der Waals surface area contributed by atoms with E-state index < -0.39 is 23.3 Å². The van der Waals surface area contributed by atoms with E-state index in [0.717, 1.165) is 12.8 Å². The summed E-state index contributed by atoms with van der Waals surface area (Å²) in [6.45, 7) is 2.82. The second-order valence-corrected chi connectivity index (χ2v) is 9.70. The fourth-order valence-corrected chi connectivity index (χ4v) is 5.24. The predicted octanol–water partition coefficient (Wildman–Crippen LogP) is 4.69. The lowest BCUT2D eigenvalue weighted by atomic mass is 9.98. The van der Waals surface area contributed by atoms with Crippen molar-refractivity contribution in [3.63, 3.8) is 0 Å². The third kappa shape index (κ3) is 4.52. The summed E-state index contributed by atoms with van der Waals surface area (Å²) in [7, 11) is 0. The van der Waals surface area contributed by atoms with Crippen molar-refractivity contribution in [2.24, 2.45) is 5.92 Å². The maximum absolute atomic E-state index is 15.0. The topological polar surface area (TPSA) is 71.4 Å². The number of amides is 2. The van der Waals surface area contributed by atoms with Crippen LogP contribution in [0, 0.1) is 17.6 Å². The molecule has 1 unspecified atom stereocenters. The van der Waals surface area contributed by atoms with Gasteiger partial charge in [0.15, 0.2) is 0 Å². The lowest BCUT2D eigenvalue weighted by Gasteiger charge is -2.25. The number of likely N-dealkylation sites (tertiary alicyclic amines) is 1. The van der Waals surface area contributed by atoms with Crippen molar-refractivity contribution >= 4 is 22.6 Å². The van der Waals surface area contributed by atoms with Crippen LogP contribution in [0.3, 0.4) is 0 Å². The highest BCUT2D eigenvalue weighted by molar-refractivity contribution is 6.08. The molecule has 1 aromatic heterocycles. The molecule has 0 spiro atoms. The second-order valence-electron chi connectivity index (χ2n) is 9.70. The number of hydrogen-bond acceptors (Lipinski definition) is 3. The van der Waals surface area contributed by atoms with E-state index in [0.29, 0.717) is 37.1 Å². The van der Waals surface area contributed by atoms with E-state index in [1.807, 2.05) is 6.92 Å². The molecule has 0 radical (unpaired) electrons. The first-order chi connectivity index (χ1) is 17.4. The zero-order valence-corrected chi connectivity index (χ0v) is 20.2. The number of rotatable bonds is 8. The average molecular weight is 494 g/mol. The van der Waals surface area contributed by atoms with Crippen molar-refractivity contribution in [2.75, 3.05) is 6.54 Å². The second kappa shape index (κ2) is 9.84. The summed E-state index contributed by atoms with van der Waals surface area (Å²) in [5.74, 6) is -1.40. The average Bonchev–Trinajstić information content (AvgIpc) is 3.61. The number of hydrogen-bond donors (Lipinski definition) is 1. The van der Waals surface area contributed by atoms with Gasteiger partial charge in [0.05, 0.1) is 29.2 Å². The zero-order chi connectivity index (χ0) is 25.4. The van der Waals surface area contributed by atoms with Crippen LogP contribution >= 0.6 is 0 Å². The third-order valence-corrected chi connectivity index (χ3v) is 7.13. The number of nitrogens with zero attached hydrogens (tertiary/aromatic N) is 2. The summed E-state index contributed by atoms with van der Waals surface area (Å²) in [6.07, 6.45) is 3.54. The maximum Gasteiger partial charge on any atom is 0.261 e. The van der Waals surface area contributed by atoms with Crippen LogP contribution in [-0.2, 0) is 17.9 Å². The Hall–Kier alpha value is -3.55. The molecule has 2 aliphatic rings. The van der Waals surface area contributed by atoms with Crippen LogP contribution in [0.25, 0.3) is 10.8 Å². The van der Waals surface area contributed by atoms with Gasteiger partial charge in [0.1, 0.15) is 11.6 Å². The van der Waals surface area contributed by atoms with E-state index >= 15 is 0 Å². The van der Waals surface area contributed by atoms with Gasteiger partial charge in [-0.2, -0.15) is 0 Å². The van der Waals surface area contributed by atoms with Gasteiger partial charge in [0, 0.05) is 24.9 Å². The fourth-order valence-electron chi connectivity index (χ4n) is 5.24. The van der Waals surface area contributed by atoms with Crippen LogP contribution in [0.15, 0.2) is 47.3 Å². The largest absolute Gasteiger partial charge is 0.345 e. The molecule has 2 heterocycles. The number of fused-ring (bicyclic) bond motifs is 1. The molecule has 2 fully saturated rings. The summed E-state index contributed by atoms with van der Waals surface area (Å²) in [5, 5.41) is 3.15. The lowest BCUT2D eigenvalue weighted by Crippen LogP contribution is -2.37. The molecule has 188 valence electrons. The Bertz CT molecular complexity index is 1400. The van der Waals surface area contributed by atoms with Crippen molar-refractivity contribution < 1.29 is 18.4 Å². The number of nitrogens with one attached hydrogen (secondary N) is 1. The van der Waals surface area contributed by atoms with E-state index in [2.05, 4.69) is 5.32 Å². The molecule has 3 aromatic rings. The Morgan fingerprint density at radius 3 is 2.58 bits per heavy atom. The summed E-state index contributed by atoms with van der Waals surface area (Å²) < 4.78 is 30.4. The molecule has 1 N–H and O–H groups in total. The maximum atomic E-state index is 15.0. The van der Waals surface area contributed by atoms with E-state index in [1.165, 1.54) is 28.8 Å². The summed E-state index contributed by atoms with van der Waals surface area (Å²) in [6, 6.07) is 10.0. The van der Waals surface area contributed by atoms with Crippen LogP contribution < -0.4 is 10.9 Å². The molecule has 1 saturated heterocycles. The summed E-state index contributed by atoms with van der Waals surface area (Å²) in [5.41, 5.74) is 0.757. The van der Waals surface area contributed by atoms with E-state index in [4.69, 9.17) is 0 Å². The van der Waals surface area contributed by atoms with Crippen LogP contribution in [0.2, 0.25) is 0 Å². The number of halogens is 2. The lowest BCUT2D eigenvalue weighted by molar-refractivity contribution is -0.128. The van der Waals surface area contributed by atoms with Gasteiger partial charge in [-0.05, 0) is 55.4 Å². The first kappa shape index (κ1) is 24.2. The van der Waals surface area contributed by atoms with Gasteiger partial charge in [0.2, 0.25) is 5.91 Å². The first-order valence-corrected chi connectivity index (χ1v) is 12.6. The SMILES string of the molecule is CCCn1c(CN2CCCC2=O)c(C(=O)NC(c2cccc(F)c2)C2CC2)c2cccc(F)c2c1=O. The molecule has 6 nitrogen and oxygen atoms in total. The van der Waals surface area contributed by atoms with Gasteiger partial charge in [0.25, 0.3) is 11.5 Å². The van der Waals surface area contributed by atoms with Crippen molar-refractivity contribution in [1.29, 1.82) is 0 Å². The Morgan fingerprint density at radius 2 is 1.92 bits per heavy atom. The highest BCUT2D eigenvalue weighted by Crippen LogP contribution is 2.41. The highest BCUT2D eigenvalue weighted by atomic mass is 19.1. The number of carbonyl (C=O) groups excluding carboxylic acids is 2. The Labute approximate surface area is 207 Å². The molecule has 1 atom stereocenters. The van der Waals surface area contributed by atoms with Gasteiger partial charge in [-0.1, -0.05) is 31.2 Å². The number of aromatic nitrogens is 1. The van der Waals surface area contributed by atoms with Crippen LogP contribution in [0.5, 0.6) is 0 Å². The minimum atomic E-state index is -0.691. The third-order valence-electron chi connectivity index (χ3n) is 7.13. The molecule has 2 aromatic carbocycles. The zero-order valence-electron chi connectivity index (χ0n) is 20.2. The summed E-state index contributed by atoms with van der Waals surface area (Å²) in [4.78, 5) is 41.5. The van der Waals surface area contributed by atoms with E-state index in [9.17, 15) is 23.2 Å². The number of benzene rings is 2. The fraction of sp³-hybridized carbons (Fsp3) is 0.393. The Balaban J connectivity index is 1.67. The van der Waals surface area contributed by atoms with Crippen LogP contribution in [0.1, 0.15) is 66.7 Å². The molecule has 1 saturated carbocycles. The van der Waals surface area contributed by atoms with E-state index in [-0.39, 0.29) is 47.1 Å². The van der Waals surface area contributed by atoms with Crippen molar-refractivity contribution in [1.82, 2.24) is 14.8 Å². The smallest absolute Gasteiger partial charge is 0.261 e. The van der Waals surface area contributed by atoms with Gasteiger partial charge in [-0.25, -0.2) is 8.78 Å². The Morgan fingerprint density at radius 1 is 1.14 bits per heavy atom. The molecule has 8 heteroatoms. The minimum Gasteiger partial charge on any atom is -0.345 e. The normalized spacial score (nSPS) is 16.5. The summed E-state index contributed by atoms with van der Waals surface area (Å²) >= 11 is 0. The first-order valence-electron chi connectivity index (χ1n) is 12.6. The van der Waals surface area contributed by atoms with Gasteiger partial charge >= 0.3 is 0 Å². The van der Waals surface area contributed by atoms with Gasteiger partial charge < -0.3 is 14.8 Å². The Kier molecular flexibility index (Phi) is 6.60. The molecular weight excluding hydrogens is 464 g/mol. The minimum absolute atomic E-state index is 0.0354. The molecule has 1 aliphatic heterocycles. The molecule has 36 heavy (non-hydrogen) atoms. The van der Waals surface area contributed by atoms with Crippen LogP contribution in [0.4, 0.5) is 8.78 Å². The van der Waals surface area contributed by atoms with Crippen LogP contribution in [-0.4, -0.2) is 27.8 Å². The number of carbonyl (C=O) groups is 2.